The van der Waals surface area contributed by atoms with E-state index in [0.717, 1.165) is 12.8 Å². The van der Waals surface area contributed by atoms with Crippen LogP contribution in [0, 0.1) is 5.92 Å². The van der Waals surface area contributed by atoms with Gasteiger partial charge in [0, 0.05) is 19.7 Å². The van der Waals surface area contributed by atoms with Crippen molar-refractivity contribution >= 4 is 6.09 Å². The first-order valence-electron chi connectivity index (χ1n) is 5.51. The van der Waals surface area contributed by atoms with Gasteiger partial charge in [0.2, 0.25) is 0 Å². The molecular weight excluding hydrogens is 217 g/mol. The van der Waals surface area contributed by atoms with Crippen molar-refractivity contribution < 1.29 is 45.6 Å². The minimum Gasteiger partial charge on any atom is -1.00 e. The fraction of sp³-hybridized carbons (Fsp3) is 0.909. The second-order valence-electron chi connectivity index (χ2n) is 5.09. The van der Waals surface area contributed by atoms with Crippen LogP contribution < -0.4 is 29.6 Å². The largest absolute Gasteiger partial charge is 1.00 e. The molecule has 1 fully saturated rings. The molecule has 90 valence electrons. The van der Waals surface area contributed by atoms with Crippen LogP contribution in [0.1, 0.15) is 35.0 Å². The summed E-state index contributed by atoms with van der Waals surface area (Å²) < 4.78 is 5.27. The molecule has 0 bridgehead atoms. The van der Waals surface area contributed by atoms with Crippen molar-refractivity contribution in [1.82, 2.24) is 4.90 Å². The zero-order chi connectivity index (χ0) is 11.5. The molecule has 1 N–H and O–H groups in total. The number of piperidine rings is 1. The maximum Gasteiger partial charge on any atom is 1.00 e. The molecule has 0 unspecified atom stereocenters. The van der Waals surface area contributed by atoms with Gasteiger partial charge in [-0.25, -0.2) is 4.79 Å². The Hall–Kier alpha value is 0.230. The van der Waals surface area contributed by atoms with Crippen molar-refractivity contribution in [2.24, 2.45) is 5.92 Å². The van der Waals surface area contributed by atoms with E-state index >= 15 is 0 Å². The number of amides is 1. The number of aliphatic hydroxyl groups excluding tert-OH is 1. The fourth-order valence-electron chi connectivity index (χ4n) is 1.62. The molecule has 0 atom stereocenters. The van der Waals surface area contributed by atoms with Crippen LogP contribution in [0.25, 0.3) is 0 Å². The predicted molar refractivity (Wildman–Crippen MR) is 58.7 cm³/mol. The molecule has 1 rings (SSSR count). The van der Waals surface area contributed by atoms with Gasteiger partial charge in [-0.3, -0.25) is 0 Å². The van der Waals surface area contributed by atoms with E-state index in [1.54, 1.807) is 4.90 Å². The van der Waals surface area contributed by atoms with Crippen LogP contribution in [0.3, 0.4) is 0 Å². The quantitative estimate of drug-likeness (QED) is 0.581. The Morgan fingerprint density at radius 3 is 2.31 bits per heavy atom. The Labute approximate surface area is 121 Å². The van der Waals surface area contributed by atoms with Crippen LogP contribution in [0.15, 0.2) is 0 Å². The summed E-state index contributed by atoms with van der Waals surface area (Å²) in [6, 6.07) is 0. The first-order chi connectivity index (χ1) is 6.92. The molecule has 0 aromatic heterocycles. The Bertz CT molecular complexity index is 225. The van der Waals surface area contributed by atoms with Gasteiger partial charge in [0.25, 0.3) is 0 Å². The smallest absolute Gasteiger partial charge is 1.00 e. The molecule has 0 saturated carbocycles. The molecular formula is C11H22NNaO3. The van der Waals surface area contributed by atoms with Gasteiger partial charge in [-0.2, -0.15) is 0 Å². The second-order valence-corrected chi connectivity index (χ2v) is 5.09. The van der Waals surface area contributed by atoms with E-state index in [9.17, 15) is 4.79 Å². The summed E-state index contributed by atoms with van der Waals surface area (Å²) in [4.78, 5) is 13.4. The van der Waals surface area contributed by atoms with Crippen molar-refractivity contribution in [3.63, 3.8) is 0 Å². The number of rotatable bonds is 1. The summed E-state index contributed by atoms with van der Waals surface area (Å²) in [6.07, 6.45) is 1.50. The fourth-order valence-corrected chi connectivity index (χ4v) is 1.62. The van der Waals surface area contributed by atoms with Crippen LogP contribution in [-0.2, 0) is 4.74 Å². The van der Waals surface area contributed by atoms with Gasteiger partial charge in [0.15, 0.2) is 0 Å². The third-order valence-corrected chi connectivity index (χ3v) is 2.52. The van der Waals surface area contributed by atoms with Crippen molar-refractivity contribution in [3.8, 4) is 0 Å². The molecule has 0 aromatic carbocycles. The molecule has 1 aliphatic rings. The molecule has 0 spiro atoms. The van der Waals surface area contributed by atoms with Crippen LogP contribution >= 0.6 is 0 Å². The van der Waals surface area contributed by atoms with Gasteiger partial charge < -0.3 is 16.2 Å². The minimum atomic E-state index is -0.426. The Kier molecular flexibility index (Phi) is 6.94. The Balaban J connectivity index is 0. The summed E-state index contributed by atoms with van der Waals surface area (Å²) in [6.45, 7) is 7.21. The Morgan fingerprint density at radius 1 is 1.44 bits per heavy atom. The molecule has 1 saturated heterocycles. The van der Waals surface area contributed by atoms with Crippen molar-refractivity contribution in [3.05, 3.63) is 0 Å². The number of aliphatic hydroxyl groups is 1. The SMILES string of the molecule is CC(C)(C)OC(=O)N1CCC(CO)CC1.[H-].[Na+]. The van der Waals surface area contributed by atoms with Gasteiger partial charge >= 0.3 is 35.7 Å². The van der Waals surface area contributed by atoms with Crippen LogP contribution in [0.2, 0.25) is 0 Å². The molecule has 0 radical (unpaired) electrons. The van der Waals surface area contributed by atoms with Gasteiger partial charge in [0.1, 0.15) is 5.60 Å². The second kappa shape index (κ2) is 6.84. The van der Waals surface area contributed by atoms with Crippen LogP contribution in [0.5, 0.6) is 0 Å². The summed E-state index contributed by atoms with van der Waals surface area (Å²) in [5.41, 5.74) is -0.426. The standard InChI is InChI=1S/C11H21NO3.Na.H/c1-11(2,3)15-10(14)12-6-4-9(8-13)5-7-12;;/h9,13H,4-8H2,1-3H3;;/q;+1;-1. The summed E-state index contributed by atoms with van der Waals surface area (Å²) in [5, 5.41) is 8.97. The maximum absolute atomic E-state index is 11.6. The van der Waals surface area contributed by atoms with E-state index in [1.807, 2.05) is 20.8 Å². The van der Waals surface area contributed by atoms with Crippen molar-refractivity contribution in [1.29, 1.82) is 0 Å². The molecule has 5 heteroatoms. The van der Waals surface area contributed by atoms with Gasteiger partial charge in [-0.1, -0.05) is 0 Å². The number of likely N-dealkylation sites (tertiary alicyclic amines) is 1. The minimum absolute atomic E-state index is 0. The molecule has 1 aliphatic heterocycles. The Morgan fingerprint density at radius 2 is 1.94 bits per heavy atom. The average molecular weight is 239 g/mol. The van der Waals surface area contributed by atoms with E-state index in [0.29, 0.717) is 19.0 Å². The third-order valence-electron chi connectivity index (χ3n) is 2.52. The summed E-state index contributed by atoms with van der Waals surface area (Å²) in [5.74, 6) is 0.351. The molecule has 0 aliphatic carbocycles. The molecule has 1 amide bonds. The number of carbonyl (C=O) groups is 1. The molecule has 1 heterocycles. The monoisotopic (exact) mass is 239 g/mol. The number of nitrogens with zero attached hydrogens (tertiary/aromatic N) is 1. The first-order valence-corrected chi connectivity index (χ1v) is 5.51. The average Bonchev–Trinajstić information content (AvgIpc) is 2.15. The number of ether oxygens (including phenoxy) is 1. The first kappa shape index (κ1) is 16.2. The topological polar surface area (TPSA) is 49.8 Å². The van der Waals surface area contributed by atoms with Gasteiger partial charge in [0.05, 0.1) is 0 Å². The van der Waals surface area contributed by atoms with Crippen molar-refractivity contribution in [2.45, 2.75) is 39.2 Å². The zero-order valence-corrected chi connectivity index (χ0v) is 12.8. The predicted octanol–water partition coefficient (Wildman–Crippen LogP) is -1.26. The molecule has 16 heavy (non-hydrogen) atoms. The normalized spacial score (nSPS) is 17.9. The molecule has 0 aromatic rings. The van der Waals surface area contributed by atoms with Crippen LogP contribution in [0.4, 0.5) is 4.79 Å². The van der Waals surface area contributed by atoms with Crippen molar-refractivity contribution in [2.75, 3.05) is 19.7 Å². The summed E-state index contributed by atoms with van der Waals surface area (Å²) in [7, 11) is 0. The van der Waals surface area contributed by atoms with E-state index in [-0.39, 0.29) is 43.7 Å². The van der Waals surface area contributed by atoms with Crippen LogP contribution in [-0.4, -0.2) is 41.4 Å². The molecule has 4 nitrogen and oxygen atoms in total. The van der Waals surface area contributed by atoms with Gasteiger partial charge in [-0.05, 0) is 39.5 Å². The third kappa shape index (κ3) is 5.53. The van der Waals surface area contributed by atoms with Gasteiger partial charge in [-0.15, -0.1) is 0 Å². The number of carbonyl (C=O) groups excluding carboxylic acids is 1. The van der Waals surface area contributed by atoms with E-state index in [1.165, 1.54) is 0 Å². The maximum atomic E-state index is 11.6. The number of hydrogen-bond donors (Lipinski definition) is 1. The van der Waals surface area contributed by atoms with E-state index in [2.05, 4.69) is 0 Å². The summed E-state index contributed by atoms with van der Waals surface area (Å²) >= 11 is 0. The number of hydrogen-bond acceptors (Lipinski definition) is 3. The van der Waals surface area contributed by atoms with E-state index in [4.69, 9.17) is 9.84 Å². The zero-order valence-electron chi connectivity index (χ0n) is 11.8. The van der Waals surface area contributed by atoms with E-state index < -0.39 is 5.60 Å².